The van der Waals surface area contributed by atoms with Crippen molar-refractivity contribution in [2.75, 3.05) is 11.9 Å². The van der Waals surface area contributed by atoms with Gasteiger partial charge in [-0.15, -0.1) is 11.3 Å². The predicted octanol–water partition coefficient (Wildman–Crippen LogP) is 5.00. The third-order valence-corrected chi connectivity index (χ3v) is 5.23. The van der Waals surface area contributed by atoms with Crippen LogP contribution in [0.5, 0.6) is 11.5 Å². The summed E-state index contributed by atoms with van der Waals surface area (Å²) in [6, 6.07) is 15.5. The van der Waals surface area contributed by atoms with E-state index >= 15 is 0 Å². The Kier molecular flexibility index (Phi) is 6.03. The molecule has 5 nitrogen and oxygen atoms in total. The van der Waals surface area contributed by atoms with Crippen molar-refractivity contribution in [3.05, 3.63) is 76.0 Å². The molecule has 1 amide bonds. The first kappa shape index (κ1) is 20.6. The number of ether oxygens (including phenoxy) is 1. The zero-order valence-corrected chi connectivity index (χ0v) is 17.4. The molecule has 0 aliphatic heterocycles. The predicted molar refractivity (Wildman–Crippen MR) is 115 cm³/mol. The largest absolute Gasteiger partial charge is 0.507 e. The highest BCUT2D eigenvalue weighted by Crippen LogP contribution is 2.26. The molecule has 0 saturated carbocycles. The second kappa shape index (κ2) is 8.49. The average molecular weight is 410 g/mol. The van der Waals surface area contributed by atoms with E-state index in [9.17, 15) is 14.7 Å². The SMILES string of the molecule is CC(C)(C)c1ccc(OCC(=O)Nc2ccc(O)c(C(=O)c3cccs3)c2)cc1. The number of hydrogen-bond acceptors (Lipinski definition) is 5. The molecule has 0 radical (unpaired) electrons. The number of thiophene rings is 1. The van der Waals surface area contributed by atoms with Crippen LogP contribution in [0, 0.1) is 0 Å². The van der Waals surface area contributed by atoms with E-state index in [1.165, 1.54) is 35.1 Å². The summed E-state index contributed by atoms with van der Waals surface area (Å²) in [7, 11) is 0. The molecule has 29 heavy (non-hydrogen) atoms. The van der Waals surface area contributed by atoms with Crippen LogP contribution in [0.25, 0.3) is 0 Å². The Morgan fingerprint density at radius 3 is 2.41 bits per heavy atom. The summed E-state index contributed by atoms with van der Waals surface area (Å²) in [5.74, 6) is -0.169. The number of aromatic hydroxyl groups is 1. The number of nitrogens with one attached hydrogen (secondary N) is 1. The van der Waals surface area contributed by atoms with Crippen LogP contribution in [0.2, 0.25) is 0 Å². The molecule has 0 aliphatic rings. The van der Waals surface area contributed by atoms with Crippen molar-refractivity contribution in [1.82, 2.24) is 0 Å². The number of anilines is 1. The number of phenols is 1. The lowest BCUT2D eigenvalue weighted by Crippen LogP contribution is -2.20. The van der Waals surface area contributed by atoms with E-state index in [0.29, 0.717) is 16.3 Å². The Balaban J connectivity index is 1.62. The van der Waals surface area contributed by atoms with E-state index in [1.54, 1.807) is 17.5 Å². The van der Waals surface area contributed by atoms with Gasteiger partial charge in [0.25, 0.3) is 5.91 Å². The van der Waals surface area contributed by atoms with Gasteiger partial charge in [-0.3, -0.25) is 9.59 Å². The van der Waals surface area contributed by atoms with Crippen LogP contribution in [0.3, 0.4) is 0 Å². The van der Waals surface area contributed by atoms with Gasteiger partial charge in [-0.05, 0) is 52.8 Å². The van der Waals surface area contributed by atoms with Crippen LogP contribution in [-0.2, 0) is 10.2 Å². The number of hydrogen-bond donors (Lipinski definition) is 2. The molecule has 3 rings (SSSR count). The van der Waals surface area contributed by atoms with Crippen molar-refractivity contribution in [1.29, 1.82) is 0 Å². The summed E-state index contributed by atoms with van der Waals surface area (Å²) >= 11 is 1.29. The van der Waals surface area contributed by atoms with E-state index in [1.807, 2.05) is 24.3 Å². The molecule has 150 valence electrons. The number of carbonyl (C=O) groups is 2. The van der Waals surface area contributed by atoms with Crippen molar-refractivity contribution in [2.24, 2.45) is 0 Å². The van der Waals surface area contributed by atoms with Crippen LogP contribution in [-0.4, -0.2) is 23.4 Å². The van der Waals surface area contributed by atoms with Crippen LogP contribution in [0.4, 0.5) is 5.69 Å². The van der Waals surface area contributed by atoms with Crippen LogP contribution in [0.15, 0.2) is 60.0 Å². The first-order valence-electron chi connectivity index (χ1n) is 9.18. The van der Waals surface area contributed by atoms with Crippen LogP contribution >= 0.6 is 11.3 Å². The van der Waals surface area contributed by atoms with E-state index in [4.69, 9.17) is 4.74 Å². The highest BCUT2D eigenvalue weighted by molar-refractivity contribution is 7.12. The van der Waals surface area contributed by atoms with E-state index in [-0.39, 0.29) is 35.0 Å². The highest BCUT2D eigenvalue weighted by atomic mass is 32.1. The van der Waals surface area contributed by atoms with Crippen molar-refractivity contribution in [3.8, 4) is 11.5 Å². The molecule has 6 heteroatoms. The van der Waals surface area contributed by atoms with Gasteiger partial charge in [-0.25, -0.2) is 0 Å². The van der Waals surface area contributed by atoms with Crippen LogP contribution < -0.4 is 10.1 Å². The third kappa shape index (κ3) is 5.23. The fraction of sp³-hybridized carbons (Fsp3) is 0.217. The van der Waals surface area contributed by atoms with Gasteiger partial charge in [-0.1, -0.05) is 39.0 Å². The summed E-state index contributed by atoms with van der Waals surface area (Å²) < 4.78 is 5.54. The smallest absolute Gasteiger partial charge is 0.262 e. The quantitative estimate of drug-likeness (QED) is 0.444. The molecule has 0 aliphatic carbocycles. The fourth-order valence-corrected chi connectivity index (χ4v) is 3.41. The number of phenolic OH excluding ortho intramolecular Hbond substituents is 1. The fourth-order valence-electron chi connectivity index (χ4n) is 2.73. The molecule has 0 unspecified atom stereocenters. The Morgan fingerprint density at radius 1 is 1.07 bits per heavy atom. The number of benzene rings is 2. The first-order chi connectivity index (χ1) is 13.7. The Labute approximate surface area is 174 Å². The Morgan fingerprint density at radius 2 is 1.79 bits per heavy atom. The molecule has 3 aromatic rings. The summed E-state index contributed by atoms with van der Waals surface area (Å²) in [4.78, 5) is 25.2. The maximum atomic E-state index is 12.5. The van der Waals surface area contributed by atoms with Gasteiger partial charge in [0, 0.05) is 5.69 Å². The minimum absolute atomic E-state index is 0.0486. The molecule has 0 fully saturated rings. The van der Waals surface area contributed by atoms with E-state index < -0.39 is 0 Å². The first-order valence-corrected chi connectivity index (χ1v) is 10.1. The van der Waals surface area contributed by atoms with Crippen molar-refractivity contribution in [2.45, 2.75) is 26.2 Å². The summed E-state index contributed by atoms with van der Waals surface area (Å²) in [5, 5.41) is 14.5. The summed E-state index contributed by atoms with van der Waals surface area (Å²) in [6.45, 7) is 6.23. The van der Waals surface area contributed by atoms with Gasteiger partial charge in [0.1, 0.15) is 11.5 Å². The summed E-state index contributed by atoms with van der Waals surface area (Å²) in [6.07, 6.45) is 0. The standard InChI is InChI=1S/C23H23NO4S/c1-23(2,3)15-6-9-17(10-7-15)28-14-21(26)24-16-8-11-19(25)18(13-16)22(27)20-5-4-12-29-20/h4-13,25H,14H2,1-3H3,(H,24,26). The molecule has 0 bridgehead atoms. The van der Waals surface area contributed by atoms with E-state index in [2.05, 4.69) is 26.1 Å². The molecule has 1 heterocycles. The van der Waals surface area contributed by atoms with Gasteiger partial charge in [0.2, 0.25) is 5.78 Å². The molecular weight excluding hydrogens is 386 g/mol. The molecule has 0 saturated heterocycles. The average Bonchev–Trinajstić information content (AvgIpc) is 3.22. The Hall–Kier alpha value is -3.12. The second-order valence-corrected chi connectivity index (χ2v) is 8.60. The minimum atomic E-state index is -0.356. The highest BCUT2D eigenvalue weighted by Gasteiger charge is 2.16. The summed E-state index contributed by atoms with van der Waals surface area (Å²) in [5.41, 5.74) is 1.79. The van der Waals surface area contributed by atoms with Gasteiger partial charge < -0.3 is 15.2 Å². The molecular formula is C23H23NO4S. The molecule has 0 atom stereocenters. The lowest BCUT2D eigenvalue weighted by atomic mass is 9.87. The number of amides is 1. The maximum Gasteiger partial charge on any atom is 0.262 e. The monoisotopic (exact) mass is 409 g/mol. The lowest BCUT2D eigenvalue weighted by Gasteiger charge is -2.19. The van der Waals surface area contributed by atoms with Gasteiger partial charge >= 0.3 is 0 Å². The third-order valence-electron chi connectivity index (χ3n) is 4.36. The van der Waals surface area contributed by atoms with Gasteiger partial charge in [0.15, 0.2) is 6.61 Å². The van der Waals surface area contributed by atoms with E-state index in [0.717, 1.165) is 0 Å². The zero-order chi connectivity index (χ0) is 21.0. The van der Waals surface area contributed by atoms with Crippen molar-refractivity contribution >= 4 is 28.7 Å². The maximum absolute atomic E-state index is 12.5. The van der Waals surface area contributed by atoms with Gasteiger partial charge in [0.05, 0.1) is 10.4 Å². The minimum Gasteiger partial charge on any atom is -0.507 e. The van der Waals surface area contributed by atoms with Crippen LogP contribution in [0.1, 0.15) is 41.6 Å². The topological polar surface area (TPSA) is 75.6 Å². The number of carbonyl (C=O) groups excluding carboxylic acids is 2. The lowest BCUT2D eigenvalue weighted by molar-refractivity contribution is -0.118. The second-order valence-electron chi connectivity index (χ2n) is 7.65. The van der Waals surface area contributed by atoms with Crippen molar-refractivity contribution < 1.29 is 19.4 Å². The number of rotatable bonds is 6. The molecule has 1 aromatic heterocycles. The molecule has 2 aromatic carbocycles. The van der Waals surface area contributed by atoms with Gasteiger partial charge in [-0.2, -0.15) is 0 Å². The molecule has 0 spiro atoms. The Bertz CT molecular complexity index is 1000. The van der Waals surface area contributed by atoms with Crippen molar-refractivity contribution in [3.63, 3.8) is 0 Å². The zero-order valence-electron chi connectivity index (χ0n) is 16.6. The normalized spacial score (nSPS) is 11.1. The number of ketones is 1. The molecule has 2 N–H and O–H groups in total.